The van der Waals surface area contributed by atoms with Crippen molar-refractivity contribution in [2.45, 2.75) is 0 Å². The zero-order valence-corrected chi connectivity index (χ0v) is 13.0. The standard InChI is InChI=1S/C13H10Cl2N2O2S/c1-16-11(18)8(12(19)17(2)13(16)20)6-7-9(14)4-3-5-10(7)15/h3-6H,1-2H3. The molecule has 0 radical (unpaired) electrons. The van der Waals surface area contributed by atoms with Crippen molar-refractivity contribution in [3.05, 3.63) is 39.4 Å². The Morgan fingerprint density at radius 2 is 1.50 bits per heavy atom. The van der Waals surface area contributed by atoms with Crippen molar-refractivity contribution in [3.8, 4) is 0 Å². The maximum absolute atomic E-state index is 12.2. The molecule has 1 saturated heterocycles. The molecule has 0 bridgehead atoms. The number of carbonyl (C=O) groups excluding carboxylic acids is 2. The first-order valence-corrected chi connectivity index (χ1v) is 6.76. The molecule has 1 aromatic rings. The van der Waals surface area contributed by atoms with Crippen LogP contribution < -0.4 is 0 Å². The maximum Gasteiger partial charge on any atom is 0.265 e. The van der Waals surface area contributed by atoms with Crippen molar-refractivity contribution in [2.24, 2.45) is 0 Å². The summed E-state index contributed by atoms with van der Waals surface area (Å²) in [6.45, 7) is 0. The molecule has 0 saturated carbocycles. The summed E-state index contributed by atoms with van der Waals surface area (Å²) in [5, 5.41) is 0.885. The fraction of sp³-hybridized carbons (Fsp3) is 0.154. The second kappa shape index (κ2) is 5.52. The zero-order valence-electron chi connectivity index (χ0n) is 10.7. The Morgan fingerprint density at radius 3 is 1.95 bits per heavy atom. The van der Waals surface area contributed by atoms with Crippen LogP contribution >= 0.6 is 35.4 Å². The fourth-order valence-electron chi connectivity index (χ4n) is 1.77. The lowest BCUT2D eigenvalue weighted by molar-refractivity contribution is -0.132. The topological polar surface area (TPSA) is 40.6 Å². The minimum atomic E-state index is -0.478. The molecule has 2 rings (SSSR count). The molecule has 7 heteroatoms. The van der Waals surface area contributed by atoms with Gasteiger partial charge in [0, 0.05) is 29.7 Å². The van der Waals surface area contributed by atoms with E-state index in [4.69, 9.17) is 35.4 Å². The molecule has 1 aromatic carbocycles. The van der Waals surface area contributed by atoms with Gasteiger partial charge in [-0.1, -0.05) is 29.3 Å². The molecule has 4 nitrogen and oxygen atoms in total. The van der Waals surface area contributed by atoms with Crippen LogP contribution in [0.25, 0.3) is 6.08 Å². The number of benzene rings is 1. The van der Waals surface area contributed by atoms with Crippen LogP contribution in [0.2, 0.25) is 10.0 Å². The van der Waals surface area contributed by atoms with Crippen LogP contribution in [-0.4, -0.2) is 40.8 Å². The summed E-state index contributed by atoms with van der Waals surface area (Å²) in [4.78, 5) is 26.8. The largest absolute Gasteiger partial charge is 0.288 e. The van der Waals surface area contributed by atoms with Crippen LogP contribution in [0.1, 0.15) is 5.56 Å². The van der Waals surface area contributed by atoms with E-state index in [1.807, 2.05) is 0 Å². The highest BCUT2D eigenvalue weighted by Gasteiger charge is 2.35. The van der Waals surface area contributed by atoms with Crippen LogP contribution in [-0.2, 0) is 9.59 Å². The van der Waals surface area contributed by atoms with E-state index in [1.165, 1.54) is 30.0 Å². The van der Waals surface area contributed by atoms with Gasteiger partial charge in [0.1, 0.15) is 5.57 Å². The van der Waals surface area contributed by atoms with Gasteiger partial charge in [-0.25, -0.2) is 0 Å². The van der Waals surface area contributed by atoms with E-state index >= 15 is 0 Å². The predicted molar refractivity (Wildman–Crippen MR) is 82.6 cm³/mol. The van der Waals surface area contributed by atoms with Crippen molar-refractivity contribution in [1.82, 2.24) is 9.80 Å². The van der Waals surface area contributed by atoms with Crippen LogP contribution in [0.5, 0.6) is 0 Å². The SMILES string of the molecule is CN1C(=O)C(=Cc2c(Cl)cccc2Cl)C(=O)N(C)C1=S. The van der Waals surface area contributed by atoms with E-state index < -0.39 is 11.8 Å². The number of carbonyl (C=O) groups is 2. The Labute approximate surface area is 131 Å². The summed E-state index contributed by atoms with van der Waals surface area (Å²) >= 11 is 17.1. The minimum Gasteiger partial charge on any atom is -0.288 e. The Morgan fingerprint density at radius 1 is 1.05 bits per heavy atom. The third kappa shape index (κ3) is 2.44. The van der Waals surface area contributed by atoms with Gasteiger partial charge in [-0.2, -0.15) is 0 Å². The maximum atomic E-state index is 12.2. The van der Waals surface area contributed by atoms with Gasteiger partial charge in [0.2, 0.25) is 0 Å². The predicted octanol–water partition coefficient (Wildman–Crippen LogP) is 2.59. The highest BCUT2D eigenvalue weighted by atomic mass is 35.5. The van der Waals surface area contributed by atoms with Crippen LogP contribution in [0.4, 0.5) is 0 Å². The van der Waals surface area contributed by atoms with Crippen LogP contribution in [0.3, 0.4) is 0 Å². The molecule has 104 valence electrons. The van der Waals surface area contributed by atoms with Gasteiger partial charge in [0.15, 0.2) is 5.11 Å². The van der Waals surface area contributed by atoms with Gasteiger partial charge in [-0.3, -0.25) is 19.4 Å². The number of hydrogen-bond donors (Lipinski definition) is 0. The lowest BCUT2D eigenvalue weighted by Gasteiger charge is -2.31. The normalized spacial score (nSPS) is 16.0. The summed E-state index contributed by atoms with van der Waals surface area (Å²) in [6, 6.07) is 4.95. The van der Waals surface area contributed by atoms with Gasteiger partial charge in [-0.05, 0) is 30.4 Å². The molecule has 1 aliphatic heterocycles. The molecule has 20 heavy (non-hydrogen) atoms. The number of halogens is 2. The third-order valence-corrected chi connectivity index (χ3v) is 4.14. The highest BCUT2D eigenvalue weighted by Crippen LogP contribution is 2.28. The van der Waals surface area contributed by atoms with Crippen molar-refractivity contribution in [1.29, 1.82) is 0 Å². The molecule has 0 aliphatic carbocycles. The van der Waals surface area contributed by atoms with Crippen molar-refractivity contribution in [3.63, 3.8) is 0 Å². The van der Waals surface area contributed by atoms with Crippen LogP contribution in [0, 0.1) is 0 Å². The number of hydrogen-bond acceptors (Lipinski definition) is 3. The molecular formula is C13H10Cl2N2O2S. The number of thiocarbonyl (C=S) groups is 1. The van der Waals surface area contributed by atoms with E-state index in [1.54, 1.807) is 18.2 Å². The molecule has 0 N–H and O–H groups in total. The molecule has 1 aliphatic rings. The summed E-state index contributed by atoms with van der Waals surface area (Å²) < 4.78 is 0. The molecule has 1 heterocycles. The molecule has 0 atom stereocenters. The average Bonchev–Trinajstić information content (AvgIpc) is 2.42. The molecule has 1 fully saturated rings. The molecule has 0 aromatic heterocycles. The monoisotopic (exact) mass is 328 g/mol. The second-order valence-corrected chi connectivity index (χ2v) is 5.38. The van der Waals surface area contributed by atoms with E-state index in [-0.39, 0.29) is 10.7 Å². The first-order chi connectivity index (χ1) is 9.34. The van der Waals surface area contributed by atoms with Gasteiger partial charge in [-0.15, -0.1) is 0 Å². The van der Waals surface area contributed by atoms with E-state index in [2.05, 4.69) is 0 Å². The van der Waals surface area contributed by atoms with Crippen molar-refractivity contribution >= 4 is 58.4 Å². The van der Waals surface area contributed by atoms with E-state index in [0.717, 1.165) is 0 Å². The fourth-order valence-corrected chi connectivity index (χ4v) is 2.44. The minimum absolute atomic E-state index is 0.0291. The summed E-state index contributed by atoms with van der Waals surface area (Å²) in [5.74, 6) is -0.955. The van der Waals surface area contributed by atoms with Crippen molar-refractivity contribution in [2.75, 3.05) is 14.1 Å². The summed E-state index contributed by atoms with van der Waals surface area (Å²) in [7, 11) is 3.02. The lowest BCUT2D eigenvalue weighted by Crippen LogP contribution is -2.52. The number of rotatable bonds is 1. The molecular weight excluding hydrogens is 319 g/mol. The Kier molecular flexibility index (Phi) is 4.13. The van der Waals surface area contributed by atoms with Crippen LogP contribution in [0.15, 0.2) is 23.8 Å². The van der Waals surface area contributed by atoms with E-state index in [9.17, 15) is 9.59 Å². The number of likely N-dealkylation sites (N-methyl/N-ethyl adjacent to an activating group) is 2. The lowest BCUT2D eigenvalue weighted by atomic mass is 10.1. The van der Waals surface area contributed by atoms with Gasteiger partial charge in [0.05, 0.1) is 0 Å². The number of nitrogens with zero attached hydrogens (tertiary/aromatic N) is 2. The average molecular weight is 329 g/mol. The summed E-state index contributed by atoms with van der Waals surface area (Å²) in [6.07, 6.45) is 1.39. The third-order valence-electron chi connectivity index (χ3n) is 2.93. The Balaban J connectivity index is 2.55. The zero-order chi connectivity index (χ0) is 15.0. The summed E-state index contributed by atoms with van der Waals surface area (Å²) in [5.41, 5.74) is 0.403. The molecule has 2 amide bonds. The Bertz CT molecular complexity index is 612. The highest BCUT2D eigenvalue weighted by molar-refractivity contribution is 7.80. The van der Waals surface area contributed by atoms with Gasteiger partial charge in [0.25, 0.3) is 11.8 Å². The number of amides is 2. The van der Waals surface area contributed by atoms with Gasteiger partial charge >= 0.3 is 0 Å². The van der Waals surface area contributed by atoms with E-state index in [0.29, 0.717) is 15.6 Å². The van der Waals surface area contributed by atoms with Gasteiger partial charge < -0.3 is 0 Å². The smallest absolute Gasteiger partial charge is 0.265 e. The quantitative estimate of drug-likeness (QED) is 0.452. The molecule has 0 unspecified atom stereocenters. The Hall–Kier alpha value is -1.43. The van der Waals surface area contributed by atoms with Crippen molar-refractivity contribution < 1.29 is 9.59 Å². The first kappa shape index (κ1) is 15.0. The second-order valence-electron chi connectivity index (χ2n) is 4.20. The first-order valence-electron chi connectivity index (χ1n) is 5.60. The molecule has 0 spiro atoms.